The van der Waals surface area contributed by atoms with E-state index in [-0.39, 0.29) is 12.0 Å². The van der Waals surface area contributed by atoms with Crippen molar-refractivity contribution in [2.75, 3.05) is 19.3 Å². The van der Waals surface area contributed by atoms with Crippen LogP contribution in [-0.4, -0.2) is 47.4 Å². The van der Waals surface area contributed by atoms with Crippen LogP contribution in [0.2, 0.25) is 0 Å². The third kappa shape index (κ3) is 4.60. The molecule has 2 aliphatic rings. The fourth-order valence-electron chi connectivity index (χ4n) is 5.05. The summed E-state index contributed by atoms with van der Waals surface area (Å²) in [5, 5.41) is 8.79. The van der Waals surface area contributed by atoms with Crippen LogP contribution in [0.15, 0.2) is 42.5 Å². The zero-order chi connectivity index (χ0) is 23.2. The number of rotatable bonds is 6. The molecule has 2 aromatic carbocycles. The van der Waals surface area contributed by atoms with Gasteiger partial charge in [0.25, 0.3) is 0 Å². The van der Waals surface area contributed by atoms with E-state index in [9.17, 15) is 8.42 Å². The molecule has 1 atom stereocenters. The summed E-state index contributed by atoms with van der Waals surface area (Å²) in [6.45, 7) is 7.43. The molecule has 1 aromatic heterocycles. The first-order valence-corrected chi connectivity index (χ1v) is 13.5. The Labute approximate surface area is 195 Å². The van der Waals surface area contributed by atoms with Gasteiger partial charge < -0.3 is 4.57 Å². The van der Waals surface area contributed by atoms with E-state index in [4.69, 9.17) is 0 Å². The Morgan fingerprint density at radius 3 is 2.58 bits per heavy atom. The first kappa shape index (κ1) is 22.3. The lowest BCUT2D eigenvalue weighted by Gasteiger charge is -2.23. The number of sulfonamides is 1. The van der Waals surface area contributed by atoms with Crippen LogP contribution in [0.25, 0.3) is 11.1 Å². The molecule has 0 spiro atoms. The van der Waals surface area contributed by atoms with Gasteiger partial charge >= 0.3 is 0 Å². The van der Waals surface area contributed by atoms with Crippen LogP contribution in [0.5, 0.6) is 0 Å². The summed E-state index contributed by atoms with van der Waals surface area (Å²) in [7, 11) is -3.35. The molecule has 0 fully saturated rings. The number of nitrogens with zero attached hydrogens (tertiary/aromatic N) is 4. The van der Waals surface area contributed by atoms with Crippen molar-refractivity contribution in [1.82, 2.24) is 24.4 Å². The molecule has 0 saturated carbocycles. The van der Waals surface area contributed by atoms with Gasteiger partial charge in [0.2, 0.25) is 10.0 Å². The average Bonchev–Trinajstić information content (AvgIpc) is 3.27. The van der Waals surface area contributed by atoms with Crippen LogP contribution in [0, 0.1) is 5.92 Å². The summed E-state index contributed by atoms with van der Waals surface area (Å²) in [4.78, 5) is 2.46. The number of fused-ring (bicyclic) bond motifs is 4. The zero-order valence-corrected chi connectivity index (χ0v) is 20.3. The highest BCUT2D eigenvalue weighted by Gasteiger charge is 2.28. The molecule has 2 heterocycles. The van der Waals surface area contributed by atoms with E-state index >= 15 is 0 Å². The maximum atomic E-state index is 11.9. The largest absolute Gasteiger partial charge is 0.312 e. The lowest BCUT2D eigenvalue weighted by molar-refractivity contribution is 0.269. The topological polar surface area (TPSA) is 80.1 Å². The molecule has 0 radical (unpaired) electrons. The summed E-state index contributed by atoms with van der Waals surface area (Å²) in [6.07, 6.45) is 3.00. The standard InChI is InChI=1S/C25H31N5O2S/c1-17(2)24(28-33(3,31)32)25-27-26-23-10-11-29(12-13-30(23)25)16-18-8-9-22-20(14-18)15-19-6-4-5-7-21(19)22/h4-9,14,17,24,28H,10-13,15-16H2,1-3H3/t24-/m0/s1. The van der Waals surface area contributed by atoms with Crippen LogP contribution >= 0.6 is 0 Å². The van der Waals surface area contributed by atoms with Crippen molar-refractivity contribution in [3.8, 4) is 11.1 Å². The zero-order valence-electron chi connectivity index (χ0n) is 19.5. The van der Waals surface area contributed by atoms with E-state index in [2.05, 4.69) is 66.9 Å². The van der Waals surface area contributed by atoms with Gasteiger partial charge in [-0.2, -0.15) is 0 Å². The molecule has 0 unspecified atom stereocenters. The third-order valence-electron chi connectivity index (χ3n) is 6.70. The molecule has 0 bridgehead atoms. The first-order valence-electron chi connectivity index (χ1n) is 11.6. The highest BCUT2D eigenvalue weighted by atomic mass is 32.2. The second kappa shape index (κ2) is 8.66. The van der Waals surface area contributed by atoms with Crippen molar-refractivity contribution in [3.63, 3.8) is 0 Å². The number of nitrogens with one attached hydrogen (secondary N) is 1. The normalized spacial score (nSPS) is 16.8. The van der Waals surface area contributed by atoms with Crippen LogP contribution in [0.3, 0.4) is 0 Å². The molecule has 0 saturated heterocycles. The number of hydrogen-bond acceptors (Lipinski definition) is 5. The van der Waals surface area contributed by atoms with Gasteiger partial charge in [-0.3, -0.25) is 4.90 Å². The smallest absolute Gasteiger partial charge is 0.209 e. The van der Waals surface area contributed by atoms with E-state index in [0.717, 1.165) is 44.8 Å². The van der Waals surface area contributed by atoms with Crippen LogP contribution in [-0.2, 0) is 36.0 Å². The molecular formula is C25H31N5O2S. The van der Waals surface area contributed by atoms with Gasteiger partial charge in [0.05, 0.1) is 12.3 Å². The number of aromatic nitrogens is 3. The second-order valence-corrected chi connectivity index (χ2v) is 11.4. The maximum absolute atomic E-state index is 11.9. The Morgan fingerprint density at radius 2 is 1.79 bits per heavy atom. The number of hydrogen-bond donors (Lipinski definition) is 1. The molecule has 7 nitrogen and oxygen atoms in total. The maximum Gasteiger partial charge on any atom is 0.209 e. The Balaban J connectivity index is 1.30. The number of benzene rings is 2. The van der Waals surface area contributed by atoms with Crippen molar-refractivity contribution in [1.29, 1.82) is 0 Å². The lowest BCUT2D eigenvalue weighted by Crippen LogP contribution is -2.33. The Morgan fingerprint density at radius 1 is 1.00 bits per heavy atom. The Kier molecular flexibility index (Phi) is 5.84. The third-order valence-corrected chi connectivity index (χ3v) is 7.38. The molecule has 8 heteroatoms. The van der Waals surface area contributed by atoms with Crippen LogP contribution in [0.1, 0.15) is 48.2 Å². The van der Waals surface area contributed by atoms with Crippen molar-refractivity contribution >= 4 is 10.0 Å². The Hall–Kier alpha value is -2.55. The van der Waals surface area contributed by atoms with E-state index in [1.165, 1.54) is 34.1 Å². The van der Waals surface area contributed by atoms with E-state index in [1.807, 2.05) is 13.8 Å². The fourth-order valence-corrected chi connectivity index (χ4v) is 5.89. The Bertz CT molecular complexity index is 1280. The van der Waals surface area contributed by atoms with Gasteiger partial charge in [-0.1, -0.05) is 56.3 Å². The predicted molar refractivity (Wildman–Crippen MR) is 129 cm³/mol. The van der Waals surface area contributed by atoms with Crippen LogP contribution < -0.4 is 4.72 Å². The van der Waals surface area contributed by atoms with Crippen molar-refractivity contribution in [2.24, 2.45) is 5.92 Å². The minimum atomic E-state index is -3.35. The van der Waals surface area contributed by atoms with Crippen molar-refractivity contribution in [3.05, 3.63) is 70.8 Å². The predicted octanol–water partition coefficient (Wildman–Crippen LogP) is 3.15. The van der Waals surface area contributed by atoms with E-state index in [1.54, 1.807) is 0 Å². The minimum Gasteiger partial charge on any atom is -0.312 e. The molecule has 5 rings (SSSR count). The molecule has 1 N–H and O–H groups in total. The van der Waals surface area contributed by atoms with Gasteiger partial charge in [-0.05, 0) is 40.2 Å². The molecule has 1 aliphatic carbocycles. The molecule has 1 aliphatic heterocycles. The first-order chi connectivity index (χ1) is 15.8. The minimum absolute atomic E-state index is 0.0721. The van der Waals surface area contributed by atoms with E-state index in [0.29, 0.717) is 5.82 Å². The van der Waals surface area contributed by atoms with Crippen molar-refractivity contribution in [2.45, 2.75) is 45.8 Å². The summed E-state index contributed by atoms with van der Waals surface area (Å²) in [5.41, 5.74) is 6.88. The molecule has 33 heavy (non-hydrogen) atoms. The summed E-state index contributed by atoms with van der Waals surface area (Å²) >= 11 is 0. The summed E-state index contributed by atoms with van der Waals surface area (Å²) in [5.74, 6) is 1.71. The highest BCUT2D eigenvalue weighted by molar-refractivity contribution is 7.88. The quantitative estimate of drug-likeness (QED) is 0.473. The second-order valence-electron chi connectivity index (χ2n) is 9.59. The molecule has 0 amide bonds. The highest BCUT2D eigenvalue weighted by Crippen LogP contribution is 2.37. The van der Waals surface area contributed by atoms with Gasteiger partial charge in [0, 0.05) is 32.6 Å². The van der Waals surface area contributed by atoms with Crippen molar-refractivity contribution < 1.29 is 8.42 Å². The van der Waals surface area contributed by atoms with Gasteiger partial charge in [0.1, 0.15) is 5.82 Å². The van der Waals surface area contributed by atoms with Crippen LogP contribution in [0.4, 0.5) is 0 Å². The fraction of sp³-hybridized carbons (Fsp3) is 0.440. The van der Waals surface area contributed by atoms with E-state index < -0.39 is 10.0 Å². The monoisotopic (exact) mass is 465 g/mol. The van der Waals surface area contributed by atoms with Gasteiger partial charge in [0.15, 0.2) is 5.82 Å². The lowest BCUT2D eigenvalue weighted by atomic mass is 10.0. The molecule has 3 aromatic rings. The average molecular weight is 466 g/mol. The van der Waals surface area contributed by atoms with Gasteiger partial charge in [-0.15, -0.1) is 10.2 Å². The molecular weight excluding hydrogens is 434 g/mol. The van der Waals surface area contributed by atoms with Gasteiger partial charge in [-0.25, -0.2) is 13.1 Å². The summed E-state index contributed by atoms with van der Waals surface area (Å²) in [6, 6.07) is 15.2. The molecule has 174 valence electrons. The summed E-state index contributed by atoms with van der Waals surface area (Å²) < 4.78 is 28.7. The SMILES string of the molecule is CC(C)[C@H](NS(C)(=O)=O)c1nnc2n1CCN(Cc1ccc3c(c1)Cc1ccccc1-3)CC2.